The van der Waals surface area contributed by atoms with Gasteiger partial charge in [0.05, 0.1) is 10.6 Å². The number of anilines is 1. The van der Waals surface area contributed by atoms with Crippen molar-refractivity contribution in [2.75, 3.05) is 11.3 Å². The molecule has 5 nitrogen and oxygen atoms in total. The van der Waals surface area contributed by atoms with E-state index in [1.807, 2.05) is 24.3 Å². The number of amides is 1. The van der Waals surface area contributed by atoms with E-state index in [0.717, 1.165) is 23.4 Å². The van der Waals surface area contributed by atoms with Gasteiger partial charge in [-0.05, 0) is 67.3 Å². The molecular weight excluding hydrogens is 420 g/mol. The first kappa shape index (κ1) is 21.9. The fourth-order valence-electron chi connectivity index (χ4n) is 3.01. The highest BCUT2D eigenvalue weighted by Gasteiger charge is 2.15. The van der Waals surface area contributed by atoms with Gasteiger partial charge in [-0.1, -0.05) is 48.0 Å². The minimum absolute atomic E-state index is 0.185. The number of halogens is 1. The summed E-state index contributed by atoms with van der Waals surface area (Å²) in [5.74, 6) is -0.199. The highest BCUT2D eigenvalue weighted by molar-refractivity contribution is 7.92. The van der Waals surface area contributed by atoms with Crippen molar-refractivity contribution in [2.45, 2.75) is 24.7 Å². The largest absolute Gasteiger partial charge is 0.352 e. The zero-order valence-corrected chi connectivity index (χ0v) is 18.1. The molecule has 0 aliphatic heterocycles. The van der Waals surface area contributed by atoms with E-state index in [9.17, 15) is 13.2 Å². The Labute approximate surface area is 182 Å². The third kappa shape index (κ3) is 5.62. The van der Waals surface area contributed by atoms with Crippen molar-refractivity contribution in [1.29, 1.82) is 0 Å². The zero-order valence-electron chi connectivity index (χ0n) is 16.6. The molecular formula is C23H23ClN2O3S. The van der Waals surface area contributed by atoms with Crippen LogP contribution in [0.4, 0.5) is 5.69 Å². The predicted molar refractivity (Wildman–Crippen MR) is 121 cm³/mol. The summed E-state index contributed by atoms with van der Waals surface area (Å²) in [6.07, 6.45) is 1.54. The minimum atomic E-state index is -3.68. The summed E-state index contributed by atoms with van der Waals surface area (Å²) >= 11 is 6.14. The second-order valence-electron chi connectivity index (χ2n) is 6.90. The number of carbonyl (C=O) groups excluding carboxylic acids is 1. The van der Waals surface area contributed by atoms with Crippen LogP contribution >= 0.6 is 11.6 Å². The first-order valence-electron chi connectivity index (χ1n) is 9.57. The van der Waals surface area contributed by atoms with Crippen LogP contribution in [0.15, 0.2) is 77.7 Å². The summed E-state index contributed by atoms with van der Waals surface area (Å²) in [5.41, 5.74) is 2.64. The fourth-order valence-corrected chi connectivity index (χ4v) is 4.39. The molecule has 0 radical (unpaired) electrons. The molecule has 1 amide bonds. The second-order valence-corrected chi connectivity index (χ2v) is 8.99. The highest BCUT2D eigenvalue weighted by atomic mass is 35.5. The van der Waals surface area contributed by atoms with Crippen LogP contribution in [0.3, 0.4) is 0 Å². The van der Waals surface area contributed by atoms with E-state index in [1.165, 1.54) is 12.1 Å². The van der Waals surface area contributed by atoms with Gasteiger partial charge >= 0.3 is 0 Å². The summed E-state index contributed by atoms with van der Waals surface area (Å²) in [4.78, 5) is 12.6. The van der Waals surface area contributed by atoms with Crippen molar-refractivity contribution >= 4 is 33.2 Å². The molecule has 3 aromatic carbocycles. The maximum atomic E-state index is 12.5. The van der Waals surface area contributed by atoms with Crippen LogP contribution in [0, 0.1) is 6.92 Å². The predicted octanol–water partition coefficient (Wildman–Crippen LogP) is 4.81. The Morgan fingerprint density at radius 1 is 0.967 bits per heavy atom. The highest BCUT2D eigenvalue weighted by Crippen LogP contribution is 2.21. The maximum absolute atomic E-state index is 12.5. The molecule has 2 N–H and O–H groups in total. The molecule has 7 heteroatoms. The van der Waals surface area contributed by atoms with Crippen LogP contribution in [-0.4, -0.2) is 20.9 Å². The van der Waals surface area contributed by atoms with Gasteiger partial charge in [-0.25, -0.2) is 8.42 Å². The monoisotopic (exact) mass is 442 g/mol. The first-order valence-corrected chi connectivity index (χ1v) is 11.4. The third-order valence-corrected chi connectivity index (χ3v) is 6.40. The lowest BCUT2D eigenvalue weighted by atomic mass is 10.1. The lowest BCUT2D eigenvalue weighted by Crippen LogP contribution is -2.25. The fraction of sp³-hybridized carbons (Fsp3) is 0.174. The van der Waals surface area contributed by atoms with Gasteiger partial charge < -0.3 is 5.32 Å². The molecule has 0 aliphatic rings. The minimum Gasteiger partial charge on any atom is -0.352 e. The van der Waals surface area contributed by atoms with E-state index in [2.05, 4.69) is 10.0 Å². The SMILES string of the molecule is Cc1cc(C(=O)NCCCc2ccccc2Cl)ccc1NS(=O)(=O)c1ccccc1. The molecule has 0 saturated carbocycles. The van der Waals surface area contributed by atoms with E-state index in [0.29, 0.717) is 23.4 Å². The number of hydrogen-bond acceptors (Lipinski definition) is 3. The van der Waals surface area contributed by atoms with Gasteiger partial charge in [0.25, 0.3) is 15.9 Å². The van der Waals surface area contributed by atoms with Crippen LogP contribution in [-0.2, 0) is 16.4 Å². The first-order chi connectivity index (χ1) is 14.4. The van der Waals surface area contributed by atoms with Gasteiger partial charge in [-0.15, -0.1) is 0 Å². The van der Waals surface area contributed by atoms with Crippen molar-refractivity contribution in [3.63, 3.8) is 0 Å². The summed E-state index contributed by atoms with van der Waals surface area (Å²) in [7, 11) is -3.68. The van der Waals surface area contributed by atoms with Crippen molar-refractivity contribution in [3.8, 4) is 0 Å². The molecule has 30 heavy (non-hydrogen) atoms. The van der Waals surface area contributed by atoms with Crippen LogP contribution in [0.5, 0.6) is 0 Å². The number of benzene rings is 3. The summed E-state index contributed by atoms with van der Waals surface area (Å²) in [6.45, 7) is 2.28. The molecule has 3 rings (SSSR count). The molecule has 0 fully saturated rings. The second kappa shape index (κ2) is 9.78. The molecule has 0 atom stereocenters. The lowest BCUT2D eigenvalue weighted by molar-refractivity contribution is 0.0953. The summed E-state index contributed by atoms with van der Waals surface area (Å²) < 4.78 is 27.5. The van der Waals surface area contributed by atoms with Crippen molar-refractivity contribution in [2.24, 2.45) is 0 Å². The maximum Gasteiger partial charge on any atom is 0.261 e. The van der Waals surface area contributed by atoms with E-state index in [-0.39, 0.29) is 10.8 Å². The summed E-state index contributed by atoms with van der Waals surface area (Å²) in [5, 5.41) is 3.62. The average Bonchev–Trinajstić information content (AvgIpc) is 2.74. The van der Waals surface area contributed by atoms with E-state index in [4.69, 9.17) is 11.6 Å². The van der Waals surface area contributed by atoms with Crippen LogP contribution < -0.4 is 10.0 Å². The average molecular weight is 443 g/mol. The van der Waals surface area contributed by atoms with E-state index in [1.54, 1.807) is 43.3 Å². The molecule has 0 spiro atoms. The van der Waals surface area contributed by atoms with Crippen molar-refractivity contribution in [1.82, 2.24) is 5.32 Å². The standard InChI is InChI=1S/C23H23ClN2O3S/c1-17-16-19(23(27)25-15-7-9-18-8-5-6-12-21(18)24)13-14-22(17)26-30(28,29)20-10-3-2-4-11-20/h2-6,8,10-14,16,26H,7,9,15H2,1H3,(H,25,27). The summed E-state index contributed by atoms with van der Waals surface area (Å²) in [6, 6.07) is 20.7. The lowest BCUT2D eigenvalue weighted by Gasteiger charge is -2.12. The number of nitrogens with one attached hydrogen (secondary N) is 2. The van der Waals surface area contributed by atoms with Crippen molar-refractivity contribution in [3.05, 3.63) is 94.5 Å². The number of hydrogen-bond donors (Lipinski definition) is 2. The smallest absolute Gasteiger partial charge is 0.261 e. The van der Waals surface area contributed by atoms with Gasteiger partial charge in [0.15, 0.2) is 0 Å². The topological polar surface area (TPSA) is 75.3 Å². The molecule has 0 saturated heterocycles. The quantitative estimate of drug-likeness (QED) is 0.491. The van der Waals surface area contributed by atoms with E-state index >= 15 is 0 Å². The van der Waals surface area contributed by atoms with Crippen LogP contribution in [0.25, 0.3) is 0 Å². The van der Waals surface area contributed by atoms with Gasteiger partial charge in [0.2, 0.25) is 0 Å². The Balaban J connectivity index is 1.58. The molecule has 0 bridgehead atoms. The van der Waals surface area contributed by atoms with Gasteiger partial charge in [-0.2, -0.15) is 0 Å². The Hall–Kier alpha value is -2.83. The number of rotatable bonds is 8. The molecule has 0 aliphatic carbocycles. The number of carbonyl (C=O) groups is 1. The Bertz CT molecular complexity index is 1130. The molecule has 156 valence electrons. The Morgan fingerprint density at radius 3 is 2.37 bits per heavy atom. The third-order valence-electron chi connectivity index (χ3n) is 4.65. The molecule has 3 aromatic rings. The van der Waals surface area contributed by atoms with Crippen LogP contribution in [0.1, 0.15) is 27.9 Å². The van der Waals surface area contributed by atoms with Crippen LogP contribution in [0.2, 0.25) is 5.02 Å². The van der Waals surface area contributed by atoms with Gasteiger partial charge in [-0.3, -0.25) is 9.52 Å². The molecule has 0 unspecified atom stereocenters. The Kier molecular flexibility index (Phi) is 7.13. The number of sulfonamides is 1. The van der Waals surface area contributed by atoms with Gasteiger partial charge in [0.1, 0.15) is 0 Å². The normalized spacial score (nSPS) is 11.1. The van der Waals surface area contributed by atoms with Crippen molar-refractivity contribution < 1.29 is 13.2 Å². The molecule has 0 heterocycles. The van der Waals surface area contributed by atoms with Gasteiger partial charge in [0, 0.05) is 17.1 Å². The number of aryl methyl sites for hydroxylation is 2. The Morgan fingerprint density at radius 2 is 1.67 bits per heavy atom. The zero-order chi connectivity index (χ0) is 21.6. The molecule has 0 aromatic heterocycles. The van der Waals surface area contributed by atoms with E-state index < -0.39 is 10.0 Å².